The lowest BCUT2D eigenvalue weighted by Gasteiger charge is -2.56. The second-order valence-electron chi connectivity index (χ2n) is 8.38. The zero-order chi connectivity index (χ0) is 15.7. The molecule has 0 unspecified atom stereocenters. The monoisotopic (exact) mass is 300 g/mol. The molecular weight excluding hydrogens is 276 g/mol. The van der Waals surface area contributed by atoms with Gasteiger partial charge in [-0.15, -0.1) is 0 Å². The molecular formula is C19H24O3. The van der Waals surface area contributed by atoms with Crippen molar-refractivity contribution < 1.29 is 14.4 Å². The van der Waals surface area contributed by atoms with Crippen LogP contribution in [0.4, 0.5) is 0 Å². The van der Waals surface area contributed by atoms with Crippen LogP contribution in [0.1, 0.15) is 58.8 Å². The summed E-state index contributed by atoms with van der Waals surface area (Å²) in [6.45, 7) is 4.35. The van der Waals surface area contributed by atoms with E-state index in [9.17, 15) is 14.4 Å². The highest BCUT2D eigenvalue weighted by Gasteiger charge is 2.61. The van der Waals surface area contributed by atoms with E-state index < -0.39 is 5.41 Å². The minimum Gasteiger partial charge on any atom is -0.295 e. The largest absolute Gasteiger partial charge is 0.295 e. The molecule has 0 aliphatic heterocycles. The van der Waals surface area contributed by atoms with E-state index in [4.69, 9.17) is 0 Å². The maximum absolute atomic E-state index is 12.3. The third-order valence-corrected chi connectivity index (χ3v) is 7.53. The average Bonchev–Trinajstić information content (AvgIpc) is 2.72. The molecule has 0 aromatic heterocycles. The van der Waals surface area contributed by atoms with Crippen LogP contribution in [0.5, 0.6) is 0 Å². The van der Waals surface area contributed by atoms with Crippen molar-refractivity contribution in [1.29, 1.82) is 0 Å². The molecule has 3 heteroatoms. The summed E-state index contributed by atoms with van der Waals surface area (Å²) < 4.78 is 0. The van der Waals surface area contributed by atoms with Gasteiger partial charge in [0.1, 0.15) is 0 Å². The van der Waals surface area contributed by atoms with Gasteiger partial charge in [0.25, 0.3) is 0 Å². The summed E-state index contributed by atoms with van der Waals surface area (Å²) >= 11 is 0. The Morgan fingerprint density at radius 3 is 2.50 bits per heavy atom. The number of rotatable bonds is 0. The smallest absolute Gasteiger partial charge is 0.204 e. The molecule has 0 aromatic rings. The molecule has 0 aromatic carbocycles. The van der Waals surface area contributed by atoms with Crippen LogP contribution >= 0.6 is 0 Å². The SMILES string of the molecule is C[C@]12CCC(=O)C=C1CC[C@@H]1[C@@H]2CC[C@]2(C)C(=O)C(=O)C[C@@H]12. The molecule has 4 aliphatic carbocycles. The molecule has 4 aliphatic rings. The van der Waals surface area contributed by atoms with Gasteiger partial charge in [0, 0.05) is 18.3 Å². The molecule has 3 nitrogen and oxygen atoms in total. The Kier molecular flexibility index (Phi) is 2.87. The first-order chi connectivity index (χ1) is 10.4. The fourth-order valence-corrected chi connectivity index (χ4v) is 6.15. The Morgan fingerprint density at radius 2 is 1.73 bits per heavy atom. The van der Waals surface area contributed by atoms with Gasteiger partial charge in [-0.1, -0.05) is 19.4 Å². The van der Waals surface area contributed by atoms with Crippen LogP contribution in [-0.2, 0) is 14.4 Å². The molecule has 0 saturated heterocycles. The molecule has 0 N–H and O–H groups in total. The van der Waals surface area contributed by atoms with Crippen molar-refractivity contribution in [3.05, 3.63) is 11.6 Å². The second-order valence-corrected chi connectivity index (χ2v) is 8.38. The Morgan fingerprint density at radius 1 is 0.955 bits per heavy atom. The van der Waals surface area contributed by atoms with Gasteiger partial charge in [-0.3, -0.25) is 14.4 Å². The van der Waals surface area contributed by atoms with E-state index in [2.05, 4.69) is 6.92 Å². The molecule has 0 spiro atoms. The Labute approximate surface area is 131 Å². The maximum Gasteiger partial charge on any atom is 0.204 e. The quantitative estimate of drug-likeness (QED) is 0.645. The molecule has 3 saturated carbocycles. The van der Waals surface area contributed by atoms with E-state index in [0.29, 0.717) is 24.7 Å². The molecule has 0 amide bonds. The summed E-state index contributed by atoms with van der Waals surface area (Å²) in [7, 11) is 0. The van der Waals surface area contributed by atoms with Crippen LogP contribution in [0.2, 0.25) is 0 Å². The van der Waals surface area contributed by atoms with E-state index >= 15 is 0 Å². The number of hydrogen-bond donors (Lipinski definition) is 0. The first kappa shape index (κ1) is 14.3. The topological polar surface area (TPSA) is 51.2 Å². The number of carbonyl (C=O) groups excluding carboxylic acids is 3. The Hall–Kier alpha value is -1.25. The lowest BCUT2D eigenvalue weighted by atomic mass is 9.47. The lowest BCUT2D eigenvalue weighted by molar-refractivity contribution is -0.140. The third-order valence-electron chi connectivity index (χ3n) is 7.53. The van der Waals surface area contributed by atoms with Crippen molar-refractivity contribution in [1.82, 2.24) is 0 Å². The highest BCUT2D eigenvalue weighted by molar-refractivity contribution is 6.41. The zero-order valence-corrected chi connectivity index (χ0v) is 13.5. The number of carbonyl (C=O) groups is 3. The van der Waals surface area contributed by atoms with Crippen molar-refractivity contribution in [2.24, 2.45) is 28.6 Å². The van der Waals surface area contributed by atoms with E-state index in [-0.39, 0.29) is 28.7 Å². The predicted octanol–water partition coefficient (Wildman–Crippen LogP) is 3.27. The molecule has 118 valence electrons. The third kappa shape index (κ3) is 1.65. The highest BCUT2D eigenvalue weighted by atomic mass is 16.2. The van der Waals surface area contributed by atoms with Crippen LogP contribution < -0.4 is 0 Å². The van der Waals surface area contributed by atoms with Crippen molar-refractivity contribution in [3.63, 3.8) is 0 Å². The van der Waals surface area contributed by atoms with Crippen molar-refractivity contribution >= 4 is 17.3 Å². The lowest BCUT2D eigenvalue weighted by Crippen LogP contribution is -2.50. The van der Waals surface area contributed by atoms with Gasteiger partial charge in [-0.05, 0) is 61.3 Å². The van der Waals surface area contributed by atoms with Crippen LogP contribution in [0.3, 0.4) is 0 Å². The summed E-state index contributed by atoms with van der Waals surface area (Å²) in [5.74, 6) is 1.28. The van der Waals surface area contributed by atoms with E-state index in [1.54, 1.807) is 0 Å². The Bertz CT molecular complexity index is 616. The second kappa shape index (κ2) is 4.39. The first-order valence-corrected chi connectivity index (χ1v) is 8.68. The average molecular weight is 300 g/mol. The molecule has 4 rings (SSSR count). The highest BCUT2D eigenvalue weighted by Crippen LogP contribution is 2.63. The first-order valence-electron chi connectivity index (χ1n) is 8.68. The fourth-order valence-electron chi connectivity index (χ4n) is 6.15. The summed E-state index contributed by atoms with van der Waals surface area (Å²) in [5.41, 5.74) is 1.05. The molecule has 0 radical (unpaired) electrons. The summed E-state index contributed by atoms with van der Waals surface area (Å²) in [4.78, 5) is 36.1. The summed E-state index contributed by atoms with van der Waals surface area (Å²) in [6.07, 6.45) is 7.85. The fraction of sp³-hybridized carbons (Fsp3) is 0.737. The Balaban J connectivity index is 1.72. The van der Waals surface area contributed by atoms with Gasteiger partial charge >= 0.3 is 0 Å². The van der Waals surface area contributed by atoms with Crippen molar-refractivity contribution in [2.45, 2.75) is 58.8 Å². The van der Waals surface area contributed by atoms with Crippen LogP contribution in [0.15, 0.2) is 11.6 Å². The standard InChI is InChI=1S/C19H24O3/c1-18-7-5-12(20)9-11(18)3-4-13-14(18)6-8-19(2)15(13)10-16(21)17(19)22/h9,13-15H,3-8,10H2,1-2H3/t13-,14+,15+,18+,19+/m1/s1. The molecule has 3 fully saturated rings. The van der Waals surface area contributed by atoms with E-state index in [1.165, 1.54) is 5.57 Å². The van der Waals surface area contributed by atoms with Crippen molar-refractivity contribution in [3.8, 4) is 0 Å². The summed E-state index contributed by atoms with van der Waals surface area (Å²) in [6, 6.07) is 0. The van der Waals surface area contributed by atoms with Gasteiger partial charge < -0.3 is 0 Å². The van der Waals surface area contributed by atoms with Crippen LogP contribution in [0.25, 0.3) is 0 Å². The van der Waals surface area contributed by atoms with Gasteiger partial charge in [-0.2, -0.15) is 0 Å². The molecule has 5 atom stereocenters. The normalized spacial score (nSPS) is 47.6. The zero-order valence-electron chi connectivity index (χ0n) is 13.5. The number of fused-ring (bicyclic) bond motifs is 5. The molecule has 0 bridgehead atoms. The summed E-state index contributed by atoms with van der Waals surface area (Å²) in [5, 5.41) is 0. The maximum atomic E-state index is 12.3. The van der Waals surface area contributed by atoms with Gasteiger partial charge in [0.2, 0.25) is 5.78 Å². The number of Topliss-reactive ketones (excluding diaryl/α,β-unsaturated/α-hetero) is 2. The minimum atomic E-state index is -0.402. The number of hydrogen-bond acceptors (Lipinski definition) is 3. The minimum absolute atomic E-state index is 0.110. The predicted molar refractivity (Wildman–Crippen MR) is 82.1 cm³/mol. The number of allylic oxidation sites excluding steroid dienone is 1. The van der Waals surface area contributed by atoms with Gasteiger partial charge in [0.05, 0.1) is 0 Å². The molecule has 22 heavy (non-hydrogen) atoms. The van der Waals surface area contributed by atoms with E-state index in [0.717, 1.165) is 32.1 Å². The van der Waals surface area contributed by atoms with Gasteiger partial charge in [0.15, 0.2) is 11.6 Å². The van der Waals surface area contributed by atoms with E-state index in [1.807, 2.05) is 13.0 Å². The molecule has 0 heterocycles. The van der Waals surface area contributed by atoms with Crippen LogP contribution in [0, 0.1) is 28.6 Å². The van der Waals surface area contributed by atoms with Crippen molar-refractivity contribution in [2.75, 3.05) is 0 Å². The van der Waals surface area contributed by atoms with Crippen LogP contribution in [-0.4, -0.2) is 17.3 Å². The number of ketones is 3. The van der Waals surface area contributed by atoms with Gasteiger partial charge in [-0.25, -0.2) is 0 Å².